The van der Waals surface area contributed by atoms with Crippen LogP contribution in [-0.2, 0) is 6.42 Å². The lowest BCUT2D eigenvalue weighted by atomic mass is 10.0. The first kappa shape index (κ1) is 16.1. The predicted octanol–water partition coefficient (Wildman–Crippen LogP) is 2.95. The molecule has 0 aliphatic carbocycles. The summed E-state index contributed by atoms with van der Waals surface area (Å²) in [5.74, 6) is -1.06. The number of hydrogen-bond acceptors (Lipinski definition) is 2. The molecule has 2 aromatic carbocycles. The van der Waals surface area contributed by atoms with E-state index in [0.717, 1.165) is 0 Å². The van der Waals surface area contributed by atoms with Crippen molar-refractivity contribution in [2.24, 2.45) is 21.7 Å². The van der Waals surface area contributed by atoms with Gasteiger partial charge in [0.25, 0.3) is 0 Å². The van der Waals surface area contributed by atoms with E-state index < -0.39 is 5.82 Å². The molecule has 0 saturated carbocycles. The highest BCUT2D eigenvalue weighted by atomic mass is 79.9. The van der Waals surface area contributed by atoms with Crippen molar-refractivity contribution in [1.29, 1.82) is 0 Å². The second-order valence-corrected chi connectivity index (χ2v) is 5.32. The molecule has 4 nitrogen and oxygen atoms in total. The van der Waals surface area contributed by atoms with Crippen molar-refractivity contribution in [1.82, 2.24) is 0 Å². The largest absolute Gasteiger partial charge is 0.369 e. The first-order valence-electron chi connectivity index (χ1n) is 6.31. The number of nitrogens with zero attached hydrogens (tertiary/aromatic N) is 2. The molecule has 22 heavy (non-hydrogen) atoms. The quantitative estimate of drug-likeness (QED) is 0.495. The molecule has 7 heteroatoms. The third-order valence-electron chi connectivity index (χ3n) is 2.84. The van der Waals surface area contributed by atoms with Gasteiger partial charge in [0.15, 0.2) is 0 Å². The summed E-state index contributed by atoms with van der Waals surface area (Å²) < 4.78 is 27.9. The Bertz CT molecular complexity index is 740. The Balaban J connectivity index is 2.48. The maximum atomic E-state index is 13.8. The van der Waals surface area contributed by atoms with Crippen molar-refractivity contribution in [3.8, 4) is 0 Å². The number of benzene rings is 2. The number of rotatable bonds is 4. The van der Waals surface area contributed by atoms with Crippen LogP contribution in [0.4, 0.5) is 8.78 Å². The molecule has 0 aliphatic rings. The van der Waals surface area contributed by atoms with E-state index in [1.165, 1.54) is 24.3 Å². The molecule has 0 aliphatic heterocycles. The van der Waals surface area contributed by atoms with E-state index in [1.807, 2.05) is 0 Å². The third kappa shape index (κ3) is 4.11. The second kappa shape index (κ2) is 7.13. The van der Waals surface area contributed by atoms with Gasteiger partial charge >= 0.3 is 0 Å². The summed E-state index contributed by atoms with van der Waals surface area (Å²) >= 11 is 3.32. The lowest BCUT2D eigenvalue weighted by molar-refractivity contribution is 0.616. The smallest absolute Gasteiger partial charge is 0.211 e. The summed E-state index contributed by atoms with van der Waals surface area (Å²) in [6, 6.07) is 10.4. The van der Waals surface area contributed by atoms with Crippen LogP contribution in [0.1, 0.15) is 11.1 Å². The monoisotopic (exact) mass is 366 g/mol. The van der Waals surface area contributed by atoms with E-state index in [9.17, 15) is 8.78 Å². The molecule has 0 unspecified atom stereocenters. The van der Waals surface area contributed by atoms with Crippen LogP contribution in [0.5, 0.6) is 0 Å². The van der Waals surface area contributed by atoms with E-state index in [0.29, 0.717) is 21.3 Å². The summed E-state index contributed by atoms with van der Waals surface area (Å²) in [4.78, 5) is 0. The summed E-state index contributed by atoms with van der Waals surface area (Å²) in [5, 5.41) is 7.52. The topological polar surface area (TPSA) is 76.8 Å². The van der Waals surface area contributed by atoms with Gasteiger partial charge in [0.1, 0.15) is 11.6 Å². The van der Waals surface area contributed by atoms with E-state index in [-0.39, 0.29) is 18.2 Å². The van der Waals surface area contributed by atoms with E-state index in [1.54, 1.807) is 18.2 Å². The van der Waals surface area contributed by atoms with Gasteiger partial charge in [0.05, 0.1) is 5.71 Å². The minimum Gasteiger partial charge on any atom is -0.369 e. The Morgan fingerprint density at radius 2 is 1.77 bits per heavy atom. The molecule has 0 spiro atoms. The van der Waals surface area contributed by atoms with Gasteiger partial charge in [-0.3, -0.25) is 0 Å². The molecule has 2 aromatic rings. The van der Waals surface area contributed by atoms with Crippen LogP contribution < -0.4 is 11.5 Å². The Labute approximate surface area is 134 Å². The van der Waals surface area contributed by atoms with Gasteiger partial charge in [-0.05, 0) is 29.8 Å². The molecule has 0 atom stereocenters. The summed E-state index contributed by atoms with van der Waals surface area (Å²) in [6.45, 7) is 0. The van der Waals surface area contributed by atoms with Crippen molar-refractivity contribution in [2.75, 3.05) is 0 Å². The van der Waals surface area contributed by atoms with Crippen LogP contribution in [-0.4, -0.2) is 11.7 Å². The maximum absolute atomic E-state index is 13.8. The lowest BCUT2D eigenvalue weighted by Gasteiger charge is -2.09. The zero-order chi connectivity index (χ0) is 16.1. The molecule has 0 heterocycles. The molecule has 0 radical (unpaired) electrons. The molecule has 0 aromatic heterocycles. The maximum Gasteiger partial charge on any atom is 0.211 e. The highest BCUT2D eigenvalue weighted by molar-refractivity contribution is 9.10. The van der Waals surface area contributed by atoms with Gasteiger partial charge in [0, 0.05) is 16.5 Å². The fourth-order valence-electron chi connectivity index (χ4n) is 1.84. The van der Waals surface area contributed by atoms with Crippen molar-refractivity contribution < 1.29 is 8.78 Å². The summed E-state index contributed by atoms with van der Waals surface area (Å²) in [5.41, 5.74) is 11.7. The number of halogens is 3. The van der Waals surface area contributed by atoms with Crippen molar-refractivity contribution in [3.05, 3.63) is 69.7 Å². The number of hydrogen-bond donors (Lipinski definition) is 2. The van der Waals surface area contributed by atoms with Crippen LogP contribution in [0.15, 0.2) is 57.1 Å². The van der Waals surface area contributed by atoms with Gasteiger partial charge in [-0.15, -0.1) is 5.10 Å². The van der Waals surface area contributed by atoms with Crippen LogP contribution in [0.2, 0.25) is 0 Å². The molecular formula is C15H13BrF2N4. The van der Waals surface area contributed by atoms with Gasteiger partial charge in [-0.25, -0.2) is 8.78 Å². The van der Waals surface area contributed by atoms with Crippen molar-refractivity contribution >= 4 is 27.6 Å². The van der Waals surface area contributed by atoms with Gasteiger partial charge in [0.2, 0.25) is 5.96 Å². The van der Waals surface area contributed by atoms with Gasteiger partial charge in [-0.2, -0.15) is 5.10 Å². The average Bonchev–Trinajstić information content (AvgIpc) is 2.48. The van der Waals surface area contributed by atoms with Crippen LogP contribution in [0, 0.1) is 11.6 Å². The predicted molar refractivity (Wildman–Crippen MR) is 86.6 cm³/mol. The molecule has 0 saturated heterocycles. The van der Waals surface area contributed by atoms with Crippen molar-refractivity contribution in [3.63, 3.8) is 0 Å². The minimum atomic E-state index is -0.441. The molecule has 4 N–H and O–H groups in total. The van der Waals surface area contributed by atoms with Crippen LogP contribution in [0.25, 0.3) is 0 Å². The highest BCUT2D eigenvalue weighted by Gasteiger charge is 2.13. The summed E-state index contributed by atoms with van der Waals surface area (Å²) in [7, 11) is 0. The second-order valence-electron chi connectivity index (χ2n) is 4.46. The Kier molecular flexibility index (Phi) is 5.21. The van der Waals surface area contributed by atoms with Crippen LogP contribution >= 0.6 is 15.9 Å². The standard InChI is InChI=1S/C15H13BrF2N4/c16-12-6-5-10(17)8-11(12)14(21-22-15(19)20)7-9-3-1-2-4-13(9)18/h1-6,8H,7H2,(H4,19,20,22)/b21-14-. The normalized spacial score (nSPS) is 11.3. The zero-order valence-electron chi connectivity index (χ0n) is 11.4. The van der Waals surface area contributed by atoms with Gasteiger partial charge in [-0.1, -0.05) is 34.1 Å². The van der Waals surface area contributed by atoms with E-state index in [2.05, 4.69) is 26.1 Å². The third-order valence-corrected chi connectivity index (χ3v) is 3.53. The van der Waals surface area contributed by atoms with Crippen molar-refractivity contribution in [2.45, 2.75) is 6.42 Å². The Morgan fingerprint density at radius 1 is 1.05 bits per heavy atom. The Morgan fingerprint density at radius 3 is 2.45 bits per heavy atom. The molecular weight excluding hydrogens is 354 g/mol. The zero-order valence-corrected chi connectivity index (χ0v) is 13.0. The van der Waals surface area contributed by atoms with Crippen LogP contribution in [0.3, 0.4) is 0 Å². The average molecular weight is 367 g/mol. The highest BCUT2D eigenvalue weighted by Crippen LogP contribution is 2.21. The fraction of sp³-hybridized carbons (Fsp3) is 0.0667. The van der Waals surface area contributed by atoms with E-state index >= 15 is 0 Å². The molecule has 114 valence electrons. The first-order valence-corrected chi connectivity index (χ1v) is 7.11. The SMILES string of the molecule is NC(N)=N/N=C(/Cc1ccccc1F)c1cc(F)ccc1Br. The molecule has 0 fully saturated rings. The minimum absolute atomic E-state index is 0.117. The molecule has 2 rings (SSSR count). The number of nitrogens with two attached hydrogens (primary N) is 2. The summed E-state index contributed by atoms with van der Waals surface area (Å²) in [6.07, 6.45) is 0.117. The molecule has 0 amide bonds. The Hall–Kier alpha value is -2.28. The molecule has 0 bridgehead atoms. The fourth-order valence-corrected chi connectivity index (χ4v) is 2.32. The van der Waals surface area contributed by atoms with E-state index in [4.69, 9.17) is 11.5 Å². The lowest BCUT2D eigenvalue weighted by Crippen LogP contribution is -2.22. The van der Waals surface area contributed by atoms with Gasteiger partial charge < -0.3 is 11.5 Å². The number of guanidine groups is 1. The first-order chi connectivity index (χ1) is 10.5.